The Morgan fingerprint density at radius 1 is 1.10 bits per heavy atom. The fourth-order valence-corrected chi connectivity index (χ4v) is 2.26. The summed E-state index contributed by atoms with van der Waals surface area (Å²) in [6.07, 6.45) is 2.65. The van der Waals surface area contributed by atoms with Gasteiger partial charge in [0.05, 0.1) is 17.4 Å². The maximum absolute atomic E-state index is 12.2. The van der Waals surface area contributed by atoms with Gasteiger partial charge >= 0.3 is 5.97 Å². The van der Waals surface area contributed by atoms with Gasteiger partial charge in [0.15, 0.2) is 0 Å². The summed E-state index contributed by atoms with van der Waals surface area (Å²) in [5.74, 6) is -1.36. The molecule has 0 spiro atoms. The number of rotatable bonds is 3. The van der Waals surface area contributed by atoms with E-state index in [1.165, 1.54) is 24.0 Å². The molecule has 0 bridgehead atoms. The van der Waals surface area contributed by atoms with Gasteiger partial charge in [0.2, 0.25) is 0 Å². The maximum Gasteiger partial charge on any atom is 0.337 e. The molecule has 1 amide bonds. The minimum Gasteiger partial charge on any atom is -0.478 e. The number of hydrogen-bond acceptors (Lipinski definition) is 4. The van der Waals surface area contributed by atoms with Crippen molar-refractivity contribution in [1.29, 1.82) is 0 Å². The van der Waals surface area contributed by atoms with E-state index in [2.05, 4.69) is 15.6 Å². The number of hydrogen-bond donors (Lipinski definition) is 3. The van der Waals surface area contributed by atoms with E-state index in [1.54, 1.807) is 6.07 Å². The van der Waals surface area contributed by atoms with Crippen LogP contribution in [0.4, 0.5) is 5.69 Å². The Balaban J connectivity index is 1.80. The van der Waals surface area contributed by atoms with Crippen LogP contribution in [0.25, 0.3) is 0 Å². The fourth-order valence-electron chi connectivity index (χ4n) is 2.26. The number of aromatic nitrogens is 1. The molecule has 0 radical (unpaired) electrons. The van der Waals surface area contributed by atoms with E-state index in [1.807, 2.05) is 12.1 Å². The first-order valence-electron chi connectivity index (χ1n) is 6.46. The van der Waals surface area contributed by atoms with Crippen LogP contribution in [0.1, 0.15) is 31.8 Å². The Morgan fingerprint density at radius 2 is 1.90 bits per heavy atom. The Bertz CT molecular complexity index is 728. The van der Waals surface area contributed by atoms with Crippen molar-refractivity contribution in [2.24, 2.45) is 0 Å². The molecule has 0 aliphatic carbocycles. The summed E-state index contributed by atoms with van der Waals surface area (Å²) in [6, 6.07) is 6.91. The normalized spacial score (nSPS) is 12.8. The smallest absolute Gasteiger partial charge is 0.337 e. The number of amides is 1. The van der Waals surface area contributed by atoms with Crippen LogP contribution in [-0.4, -0.2) is 22.0 Å². The molecule has 0 unspecified atom stereocenters. The van der Waals surface area contributed by atoms with Crippen molar-refractivity contribution in [3.8, 4) is 0 Å². The summed E-state index contributed by atoms with van der Waals surface area (Å²) in [7, 11) is 0. The Kier molecular flexibility index (Phi) is 3.37. The quantitative estimate of drug-likeness (QED) is 0.796. The predicted molar refractivity (Wildman–Crippen MR) is 76.1 cm³/mol. The van der Waals surface area contributed by atoms with Gasteiger partial charge < -0.3 is 15.7 Å². The number of aromatic carboxylic acids is 1. The number of benzene rings is 1. The molecule has 3 rings (SSSR count). The topological polar surface area (TPSA) is 91.3 Å². The third-order valence-corrected chi connectivity index (χ3v) is 3.34. The standard InChI is InChI=1S/C15H13N3O3/c19-14(9-1-2-10-5-16-6-11(10)3-9)18-13-4-12(15(20)21)7-17-8-13/h1-4,7-8,16H,5-6H2,(H,18,19)(H,20,21). The van der Waals surface area contributed by atoms with Crippen LogP contribution in [-0.2, 0) is 13.1 Å². The third kappa shape index (κ3) is 2.75. The molecule has 6 nitrogen and oxygen atoms in total. The highest BCUT2D eigenvalue weighted by atomic mass is 16.4. The highest BCUT2D eigenvalue weighted by Gasteiger charge is 2.14. The van der Waals surface area contributed by atoms with Crippen molar-refractivity contribution in [2.45, 2.75) is 13.1 Å². The number of carbonyl (C=O) groups is 2. The molecule has 2 aromatic rings. The molecular formula is C15H13N3O3. The second-order valence-corrected chi connectivity index (χ2v) is 4.81. The number of fused-ring (bicyclic) bond motifs is 1. The summed E-state index contributed by atoms with van der Waals surface area (Å²) in [4.78, 5) is 26.9. The van der Waals surface area contributed by atoms with Crippen molar-refractivity contribution in [2.75, 3.05) is 5.32 Å². The SMILES string of the molecule is O=C(O)c1cncc(NC(=O)c2ccc3c(c2)CNC3)c1. The van der Waals surface area contributed by atoms with Crippen LogP contribution in [0, 0.1) is 0 Å². The highest BCUT2D eigenvalue weighted by molar-refractivity contribution is 6.04. The number of pyridine rings is 1. The molecule has 2 heterocycles. The molecule has 0 saturated carbocycles. The van der Waals surface area contributed by atoms with E-state index < -0.39 is 5.97 Å². The van der Waals surface area contributed by atoms with Crippen molar-refractivity contribution < 1.29 is 14.7 Å². The number of nitrogens with one attached hydrogen (secondary N) is 2. The summed E-state index contributed by atoms with van der Waals surface area (Å²) in [5.41, 5.74) is 3.24. The molecule has 0 saturated heterocycles. The maximum atomic E-state index is 12.2. The Morgan fingerprint density at radius 3 is 2.71 bits per heavy atom. The molecule has 21 heavy (non-hydrogen) atoms. The van der Waals surface area contributed by atoms with E-state index in [9.17, 15) is 9.59 Å². The van der Waals surface area contributed by atoms with E-state index in [0.29, 0.717) is 11.3 Å². The van der Waals surface area contributed by atoms with Crippen LogP contribution in [0.5, 0.6) is 0 Å². The Hall–Kier alpha value is -2.73. The van der Waals surface area contributed by atoms with Crippen LogP contribution < -0.4 is 10.6 Å². The first-order valence-corrected chi connectivity index (χ1v) is 6.46. The molecule has 0 atom stereocenters. The zero-order valence-corrected chi connectivity index (χ0v) is 11.1. The van der Waals surface area contributed by atoms with Gasteiger partial charge in [-0.1, -0.05) is 6.07 Å². The van der Waals surface area contributed by atoms with Gasteiger partial charge in [0.1, 0.15) is 0 Å². The molecule has 106 valence electrons. The number of nitrogens with zero attached hydrogens (tertiary/aromatic N) is 1. The van der Waals surface area contributed by atoms with Crippen molar-refractivity contribution in [3.63, 3.8) is 0 Å². The first-order chi connectivity index (χ1) is 10.1. The second-order valence-electron chi connectivity index (χ2n) is 4.81. The molecule has 1 aliphatic heterocycles. The van der Waals surface area contributed by atoms with Crippen LogP contribution in [0.3, 0.4) is 0 Å². The summed E-state index contributed by atoms with van der Waals surface area (Å²) < 4.78 is 0. The van der Waals surface area contributed by atoms with Gasteiger partial charge in [0, 0.05) is 24.8 Å². The van der Waals surface area contributed by atoms with Crippen LogP contribution in [0.2, 0.25) is 0 Å². The van der Waals surface area contributed by atoms with Gasteiger partial charge in [-0.15, -0.1) is 0 Å². The first kappa shape index (κ1) is 13.3. The largest absolute Gasteiger partial charge is 0.478 e. The van der Waals surface area contributed by atoms with E-state index in [0.717, 1.165) is 18.7 Å². The van der Waals surface area contributed by atoms with Crippen molar-refractivity contribution in [3.05, 3.63) is 58.9 Å². The number of carboxylic acids is 1. The molecule has 6 heteroatoms. The Labute approximate surface area is 120 Å². The van der Waals surface area contributed by atoms with Gasteiger partial charge in [-0.2, -0.15) is 0 Å². The lowest BCUT2D eigenvalue weighted by molar-refractivity contribution is 0.0696. The summed E-state index contributed by atoms with van der Waals surface area (Å²) >= 11 is 0. The second kappa shape index (κ2) is 5.34. The van der Waals surface area contributed by atoms with Gasteiger partial charge in [0.25, 0.3) is 5.91 Å². The lowest BCUT2D eigenvalue weighted by Crippen LogP contribution is -2.13. The number of anilines is 1. The molecule has 0 fully saturated rings. The highest BCUT2D eigenvalue weighted by Crippen LogP contribution is 2.18. The monoisotopic (exact) mass is 283 g/mol. The molecule has 3 N–H and O–H groups in total. The lowest BCUT2D eigenvalue weighted by Gasteiger charge is -2.07. The minimum absolute atomic E-state index is 0.0333. The number of carbonyl (C=O) groups excluding carboxylic acids is 1. The molecular weight excluding hydrogens is 270 g/mol. The van der Waals surface area contributed by atoms with Crippen molar-refractivity contribution >= 4 is 17.6 Å². The van der Waals surface area contributed by atoms with Crippen LogP contribution in [0.15, 0.2) is 36.7 Å². The van der Waals surface area contributed by atoms with E-state index >= 15 is 0 Å². The van der Waals surface area contributed by atoms with Gasteiger partial charge in [-0.25, -0.2) is 4.79 Å². The minimum atomic E-state index is -1.08. The van der Waals surface area contributed by atoms with E-state index in [4.69, 9.17) is 5.11 Å². The van der Waals surface area contributed by atoms with Crippen LogP contribution >= 0.6 is 0 Å². The number of carboxylic acid groups (broad SMARTS) is 1. The predicted octanol–water partition coefficient (Wildman–Crippen LogP) is 1.64. The van der Waals surface area contributed by atoms with Crippen molar-refractivity contribution in [1.82, 2.24) is 10.3 Å². The zero-order chi connectivity index (χ0) is 14.8. The molecule has 1 aromatic carbocycles. The summed E-state index contributed by atoms with van der Waals surface area (Å²) in [6.45, 7) is 1.58. The third-order valence-electron chi connectivity index (χ3n) is 3.34. The van der Waals surface area contributed by atoms with Gasteiger partial charge in [-0.05, 0) is 29.3 Å². The average Bonchev–Trinajstić information content (AvgIpc) is 2.94. The molecule has 1 aliphatic rings. The summed E-state index contributed by atoms with van der Waals surface area (Å²) in [5, 5.41) is 14.8. The zero-order valence-electron chi connectivity index (χ0n) is 11.1. The lowest BCUT2D eigenvalue weighted by atomic mass is 10.1. The molecule has 1 aromatic heterocycles. The van der Waals surface area contributed by atoms with Gasteiger partial charge in [-0.3, -0.25) is 9.78 Å². The fraction of sp³-hybridized carbons (Fsp3) is 0.133. The van der Waals surface area contributed by atoms with E-state index in [-0.39, 0.29) is 11.5 Å². The average molecular weight is 283 g/mol.